The first kappa shape index (κ1) is 21.8. The van der Waals surface area contributed by atoms with Crippen LogP contribution in [-0.4, -0.2) is 59.0 Å². The number of hydrogen-bond acceptors (Lipinski definition) is 6. The van der Waals surface area contributed by atoms with Gasteiger partial charge in [0.1, 0.15) is 0 Å². The van der Waals surface area contributed by atoms with Crippen LogP contribution in [0, 0.1) is 0 Å². The normalized spacial score (nSPS) is 9.60. The molecule has 0 spiro atoms. The Kier molecular flexibility index (Phi) is 14.7. The van der Waals surface area contributed by atoms with E-state index in [1.165, 1.54) is 21.3 Å². The average Bonchev–Trinajstić information content (AvgIpc) is 2.44. The van der Waals surface area contributed by atoms with Crippen LogP contribution in [0.25, 0.3) is 0 Å². The molecule has 0 aliphatic carbocycles. The van der Waals surface area contributed by atoms with Gasteiger partial charge in [-0.2, -0.15) is 0 Å². The van der Waals surface area contributed by atoms with Crippen molar-refractivity contribution in [2.24, 2.45) is 0 Å². The minimum atomic E-state index is -1.95. The average molecular weight is 416 g/mol. The molecule has 0 saturated carbocycles. The molecule has 0 aromatic heterocycles. The molecule has 0 amide bonds. The first-order chi connectivity index (χ1) is 9.03. The smallest absolute Gasteiger partial charge is 0.147 e. The van der Waals surface area contributed by atoms with Gasteiger partial charge < -0.3 is 0 Å². The predicted molar refractivity (Wildman–Crippen MR) is 77.3 cm³/mol. The molecule has 0 bridgehead atoms. The molecule has 0 aromatic carbocycles. The topological polar surface area (TPSA) is 78.9 Å². The van der Waals surface area contributed by atoms with E-state index in [1.54, 1.807) is 0 Å². The minimum Gasteiger partial charge on any atom is -0.147 e. The quantitative estimate of drug-likeness (QED) is 0.323. The summed E-state index contributed by atoms with van der Waals surface area (Å²) >= 11 is -1.95. The van der Waals surface area contributed by atoms with Crippen LogP contribution in [0.3, 0.4) is 0 Å². The fourth-order valence-corrected chi connectivity index (χ4v) is 8.43. The molecule has 117 valence electrons. The van der Waals surface area contributed by atoms with E-state index in [0.29, 0.717) is 19.3 Å². The Morgan fingerprint density at radius 1 is 0.700 bits per heavy atom. The summed E-state index contributed by atoms with van der Waals surface area (Å²) in [6.45, 7) is 0. The SMILES string of the molecule is COC(=O)C[CH2][Sn]([CH2]CC(=O)OC)[CH2]CC(=O)OC.Cl. The number of esters is 3. The molecular weight excluding hydrogens is 394 g/mol. The molecule has 0 rings (SSSR count). The Morgan fingerprint density at radius 2 is 0.950 bits per heavy atom. The van der Waals surface area contributed by atoms with Crippen LogP contribution in [0.2, 0.25) is 13.3 Å². The maximum absolute atomic E-state index is 11.1. The van der Waals surface area contributed by atoms with Gasteiger partial charge in [0.15, 0.2) is 0 Å². The molecule has 0 aliphatic heterocycles. The van der Waals surface area contributed by atoms with Gasteiger partial charge in [0.25, 0.3) is 0 Å². The van der Waals surface area contributed by atoms with Crippen molar-refractivity contribution in [2.75, 3.05) is 21.3 Å². The Balaban J connectivity index is 0. The van der Waals surface area contributed by atoms with Crippen LogP contribution in [0.5, 0.6) is 0 Å². The van der Waals surface area contributed by atoms with Crippen LogP contribution in [0.1, 0.15) is 19.3 Å². The van der Waals surface area contributed by atoms with Gasteiger partial charge in [0.2, 0.25) is 0 Å². The fourth-order valence-electron chi connectivity index (χ4n) is 1.52. The second kappa shape index (κ2) is 13.5. The van der Waals surface area contributed by atoms with Gasteiger partial charge in [-0.1, -0.05) is 0 Å². The van der Waals surface area contributed by atoms with Gasteiger partial charge in [-0.25, -0.2) is 0 Å². The maximum Gasteiger partial charge on any atom is -0.147 e. The van der Waals surface area contributed by atoms with Gasteiger partial charge in [-0.15, -0.1) is 12.4 Å². The van der Waals surface area contributed by atoms with Crippen molar-refractivity contribution < 1.29 is 28.6 Å². The third kappa shape index (κ3) is 11.3. The van der Waals surface area contributed by atoms with Gasteiger partial charge in [0.05, 0.1) is 0 Å². The zero-order chi connectivity index (χ0) is 14.7. The number of carbonyl (C=O) groups is 3. The Morgan fingerprint density at radius 3 is 1.15 bits per heavy atom. The Labute approximate surface area is 132 Å². The Hall–Kier alpha value is -0.501. The van der Waals surface area contributed by atoms with E-state index < -0.39 is 19.8 Å². The summed E-state index contributed by atoms with van der Waals surface area (Å²) in [5, 5.41) is 0. The Bertz CT molecular complexity index is 263. The molecule has 20 heavy (non-hydrogen) atoms. The molecule has 0 unspecified atom stereocenters. The molecule has 6 nitrogen and oxygen atoms in total. The first-order valence-electron chi connectivity index (χ1n) is 6.07. The molecule has 0 atom stereocenters. The first-order valence-corrected chi connectivity index (χ1v) is 12.1. The third-order valence-corrected chi connectivity index (χ3v) is 10.9. The monoisotopic (exact) mass is 417 g/mol. The van der Waals surface area contributed by atoms with Gasteiger partial charge in [0, 0.05) is 0 Å². The molecule has 0 aliphatic rings. The standard InChI is InChI=1S/3C4H7O2.ClH.Sn/c3*1-3-4(5)6-2;;/h3*1,3H2,2H3;1H;. The van der Waals surface area contributed by atoms with Crippen molar-refractivity contribution in [3.8, 4) is 0 Å². The zero-order valence-electron chi connectivity index (χ0n) is 12.1. The van der Waals surface area contributed by atoms with Crippen molar-refractivity contribution in [3.63, 3.8) is 0 Å². The summed E-state index contributed by atoms with van der Waals surface area (Å²) in [6, 6.07) is 0. The largest absolute Gasteiger partial charge is 0.147 e. The molecule has 0 aromatic rings. The van der Waals surface area contributed by atoms with Gasteiger partial charge >= 0.3 is 120 Å². The van der Waals surface area contributed by atoms with E-state index in [-0.39, 0.29) is 30.3 Å². The maximum atomic E-state index is 11.1. The van der Waals surface area contributed by atoms with Crippen molar-refractivity contribution >= 4 is 50.1 Å². The van der Waals surface area contributed by atoms with E-state index in [4.69, 9.17) is 0 Å². The van der Waals surface area contributed by atoms with E-state index in [9.17, 15) is 14.4 Å². The molecule has 0 saturated heterocycles. The number of hydrogen-bond donors (Lipinski definition) is 0. The zero-order valence-corrected chi connectivity index (χ0v) is 15.8. The van der Waals surface area contributed by atoms with Gasteiger partial charge in [-0.05, 0) is 0 Å². The molecule has 8 heteroatoms. The van der Waals surface area contributed by atoms with Crippen LogP contribution < -0.4 is 0 Å². The van der Waals surface area contributed by atoms with Crippen molar-refractivity contribution in [1.29, 1.82) is 0 Å². The predicted octanol–water partition coefficient (Wildman–Crippen LogP) is 1.59. The number of ether oxygens (including phenoxy) is 3. The molecule has 1 radical (unpaired) electrons. The molecular formula is C12H22ClO6Sn. The van der Waals surface area contributed by atoms with E-state index >= 15 is 0 Å². The fraction of sp³-hybridized carbons (Fsp3) is 0.750. The number of rotatable bonds is 9. The van der Waals surface area contributed by atoms with Gasteiger partial charge in [-0.3, -0.25) is 0 Å². The second-order valence-corrected chi connectivity index (χ2v) is 12.5. The van der Waals surface area contributed by atoms with Crippen molar-refractivity contribution in [1.82, 2.24) is 0 Å². The molecule has 0 fully saturated rings. The number of methoxy groups -OCH3 is 3. The molecule has 0 N–H and O–H groups in total. The van der Waals surface area contributed by atoms with E-state index in [1.807, 2.05) is 0 Å². The van der Waals surface area contributed by atoms with Crippen molar-refractivity contribution in [2.45, 2.75) is 32.6 Å². The minimum absolute atomic E-state index is 0. The third-order valence-electron chi connectivity index (χ3n) is 2.73. The number of halogens is 1. The van der Waals surface area contributed by atoms with Crippen LogP contribution in [-0.2, 0) is 28.6 Å². The second-order valence-electron chi connectivity index (χ2n) is 3.98. The summed E-state index contributed by atoms with van der Waals surface area (Å²) < 4.78 is 16.2. The molecule has 0 heterocycles. The number of carbonyl (C=O) groups excluding carboxylic acids is 3. The summed E-state index contributed by atoms with van der Waals surface area (Å²) in [4.78, 5) is 33.4. The van der Waals surface area contributed by atoms with Crippen LogP contribution in [0.15, 0.2) is 0 Å². The summed E-state index contributed by atoms with van der Waals surface area (Å²) in [5.41, 5.74) is 0. The summed E-state index contributed by atoms with van der Waals surface area (Å²) in [7, 11) is 4.07. The van der Waals surface area contributed by atoms with Crippen molar-refractivity contribution in [3.05, 3.63) is 0 Å². The van der Waals surface area contributed by atoms with E-state index in [2.05, 4.69) is 14.2 Å². The summed E-state index contributed by atoms with van der Waals surface area (Å²) in [5.74, 6) is -0.724. The van der Waals surface area contributed by atoms with E-state index in [0.717, 1.165) is 13.3 Å². The summed E-state index contributed by atoms with van der Waals surface area (Å²) in [6.07, 6.45) is 1.11. The van der Waals surface area contributed by atoms with Crippen LogP contribution >= 0.6 is 12.4 Å². The van der Waals surface area contributed by atoms with Crippen LogP contribution in [0.4, 0.5) is 0 Å².